The van der Waals surface area contributed by atoms with Crippen molar-refractivity contribution in [2.45, 2.75) is 31.2 Å². The minimum absolute atomic E-state index is 0.0379. The Hall–Kier alpha value is -1.42. The summed E-state index contributed by atoms with van der Waals surface area (Å²) in [6.07, 6.45) is 0.783. The highest BCUT2D eigenvalue weighted by Crippen LogP contribution is 2.22. The number of nitriles is 1. The Labute approximate surface area is 120 Å². The second-order valence-electron chi connectivity index (χ2n) is 5.02. The van der Waals surface area contributed by atoms with Crippen LogP contribution in [0.15, 0.2) is 23.1 Å². The molecule has 0 radical (unpaired) electrons. The van der Waals surface area contributed by atoms with Gasteiger partial charge >= 0.3 is 0 Å². The van der Waals surface area contributed by atoms with E-state index in [2.05, 4.69) is 11.4 Å². The molecule has 0 unspecified atom stereocenters. The Morgan fingerprint density at radius 2 is 2.15 bits per heavy atom. The molecule has 1 fully saturated rings. The Bertz CT molecular complexity index is 630. The molecule has 1 aromatic rings. The zero-order chi connectivity index (χ0) is 14.8. The first kappa shape index (κ1) is 15.0. The fourth-order valence-electron chi connectivity index (χ4n) is 2.25. The van der Waals surface area contributed by atoms with E-state index in [9.17, 15) is 8.42 Å². The SMILES string of the molecule is CCCN(C1CNC1)S(=O)(=O)c1ccc(C#N)c(C)c1. The van der Waals surface area contributed by atoms with Crippen molar-refractivity contribution in [1.82, 2.24) is 9.62 Å². The lowest BCUT2D eigenvalue weighted by Crippen LogP contribution is -2.58. The number of aryl methyl sites for hydroxylation is 1. The molecule has 1 N–H and O–H groups in total. The summed E-state index contributed by atoms with van der Waals surface area (Å²) in [7, 11) is -3.49. The van der Waals surface area contributed by atoms with Crippen LogP contribution in [0.2, 0.25) is 0 Å². The fourth-order valence-corrected chi connectivity index (χ4v) is 4.05. The highest BCUT2D eigenvalue weighted by atomic mass is 32.2. The topological polar surface area (TPSA) is 73.2 Å². The van der Waals surface area contributed by atoms with Crippen molar-refractivity contribution in [2.75, 3.05) is 19.6 Å². The highest BCUT2D eigenvalue weighted by molar-refractivity contribution is 7.89. The first-order valence-electron chi connectivity index (χ1n) is 6.74. The van der Waals surface area contributed by atoms with E-state index in [1.165, 1.54) is 6.07 Å². The van der Waals surface area contributed by atoms with Crippen LogP contribution in [0, 0.1) is 18.3 Å². The minimum atomic E-state index is -3.49. The summed E-state index contributed by atoms with van der Waals surface area (Å²) in [5.74, 6) is 0. The molecule has 1 aliphatic heterocycles. The first-order valence-corrected chi connectivity index (χ1v) is 8.18. The molecule has 20 heavy (non-hydrogen) atoms. The van der Waals surface area contributed by atoms with E-state index >= 15 is 0 Å². The van der Waals surface area contributed by atoms with Crippen LogP contribution in [0.1, 0.15) is 24.5 Å². The molecule has 0 aromatic heterocycles. The normalized spacial score (nSPS) is 15.9. The molecule has 1 saturated heterocycles. The Morgan fingerprint density at radius 1 is 1.45 bits per heavy atom. The molecule has 1 aliphatic rings. The van der Waals surface area contributed by atoms with Crippen molar-refractivity contribution in [2.24, 2.45) is 0 Å². The molecule has 0 spiro atoms. The van der Waals surface area contributed by atoms with Crippen molar-refractivity contribution in [3.05, 3.63) is 29.3 Å². The van der Waals surface area contributed by atoms with Crippen molar-refractivity contribution in [3.63, 3.8) is 0 Å². The predicted octanol–water partition coefficient (Wildman–Crippen LogP) is 1.24. The summed E-state index contributed by atoms with van der Waals surface area (Å²) in [5.41, 5.74) is 1.20. The molecule has 0 atom stereocenters. The molecule has 108 valence electrons. The van der Waals surface area contributed by atoms with Gasteiger partial charge in [-0.05, 0) is 37.1 Å². The van der Waals surface area contributed by atoms with Gasteiger partial charge in [-0.1, -0.05) is 6.92 Å². The molecule has 6 heteroatoms. The summed E-state index contributed by atoms with van der Waals surface area (Å²) in [6, 6.07) is 6.78. The van der Waals surface area contributed by atoms with Gasteiger partial charge in [-0.25, -0.2) is 8.42 Å². The van der Waals surface area contributed by atoms with Crippen LogP contribution in [0.5, 0.6) is 0 Å². The van der Waals surface area contributed by atoms with Crippen molar-refractivity contribution in [3.8, 4) is 6.07 Å². The lowest BCUT2D eigenvalue weighted by molar-refractivity contribution is 0.242. The van der Waals surface area contributed by atoms with Crippen LogP contribution in [0.4, 0.5) is 0 Å². The van der Waals surface area contributed by atoms with Crippen LogP contribution in [0.25, 0.3) is 0 Å². The van der Waals surface area contributed by atoms with Gasteiger partial charge in [0.15, 0.2) is 0 Å². The van der Waals surface area contributed by atoms with Gasteiger partial charge in [-0.3, -0.25) is 0 Å². The second kappa shape index (κ2) is 5.92. The van der Waals surface area contributed by atoms with Crippen molar-refractivity contribution in [1.29, 1.82) is 5.26 Å². The summed E-state index contributed by atoms with van der Waals surface area (Å²) < 4.78 is 27.0. The van der Waals surface area contributed by atoms with Crippen LogP contribution in [0.3, 0.4) is 0 Å². The van der Waals surface area contributed by atoms with Crippen LogP contribution in [-0.4, -0.2) is 38.4 Å². The average molecular weight is 293 g/mol. The zero-order valence-corrected chi connectivity index (χ0v) is 12.6. The maximum Gasteiger partial charge on any atom is 0.243 e. The zero-order valence-electron chi connectivity index (χ0n) is 11.8. The predicted molar refractivity (Wildman–Crippen MR) is 76.7 cm³/mol. The highest BCUT2D eigenvalue weighted by Gasteiger charge is 2.34. The maximum absolute atomic E-state index is 12.7. The number of benzene rings is 1. The van der Waals surface area contributed by atoms with Gasteiger partial charge in [0.25, 0.3) is 0 Å². The number of hydrogen-bond donors (Lipinski definition) is 1. The van der Waals surface area contributed by atoms with Gasteiger partial charge in [-0.2, -0.15) is 9.57 Å². The molecule has 0 aliphatic carbocycles. The fraction of sp³-hybridized carbons (Fsp3) is 0.500. The minimum Gasteiger partial charge on any atom is -0.313 e. The second-order valence-corrected chi connectivity index (χ2v) is 6.91. The lowest BCUT2D eigenvalue weighted by atomic mass is 10.1. The summed E-state index contributed by atoms with van der Waals surface area (Å²) in [6.45, 7) is 5.65. The molecule has 5 nitrogen and oxygen atoms in total. The molecule has 2 rings (SSSR count). The average Bonchev–Trinajstić information content (AvgIpc) is 2.36. The molecule has 1 heterocycles. The van der Waals surface area contributed by atoms with E-state index < -0.39 is 10.0 Å². The van der Waals surface area contributed by atoms with Gasteiger partial charge in [-0.15, -0.1) is 0 Å². The maximum atomic E-state index is 12.7. The molecule has 0 bridgehead atoms. The molecule has 1 aromatic carbocycles. The molecular weight excluding hydrogens is 274 g/mol. The van der Waals surface area contributed by atoms with Crippen molar-refractivity contribution >= 4 is 10.0 Å². The standard InChI is InChI=1S/C14H19N3O2S/c1-3-6-17(13-9-16-10-13)20(18,19)14-5-4-12(8-15)11(2)7-14/h4-5,7,13,16H,3,6,9-10H2,1-2H3. The smallest absolute Gasteiger partial charge is 0.243 e. The summed E-state index contributed by atoms with van der Waals surface area (Å²) in [5, 5.41) is 12.0. The number of hydrogen-bond acceptors (Lipinski definition) is 4. The molecular formula is C14H19N3O2S. The van der Waals surface area contributed by atoms with Gasteiger partial charge in [0.05, 0.1) is 22.6 Å². The number of nitrogens with zero attached hydrogens (tertiary/aromatic N) is 2. The number of sulfonamides is 1. The van der Waals surface area contributed by atoms with Gasteiger partial charge in [0.2, 0.25) is 10.0 Å². The van der Waals surface area contributed by atoms with Crippen molar-refractivity contribution < 1.29 is 8.42 Å². The van der Waals surface area contributed by atoms with Crippen LogP contribution in [-0.2, 0) is 10.0 Å². The van der Waals surface area contributed by atoms with E-state index in [-0.39, 0.29) is 10.9 Å². The van der Waals surface area contributed by atoms with E-state index in [1.54, 1.807) is 23.4 Å². The van der Waals surface area contributed by atoms with Crippen LogP contribution < -0.4 is 5.32 Å². The van der Waals surface area contributed by atoms with E-state index in [0.29, 0.717) is 30.8 Å². The largest absolute Gasteiger partial charge is 0.313 e. The number of rotatable bonds is 5. The third-order valence-electron chi connectivity index (χ3n) is 3.54. The Kier molecular flexibility index (Phi) is 4.43. The number of nitrogens with one attached hydrogen (secondary N) is 1. The molecule has 0 amide bonds. The lowest BCUT2D eigenvalue weighted by Gasteiger charge is -2.37. The van der Waals surface area contributed by atoms with Gasteiger partial charge < -0.3 is 5.32 Å². The quantitative estimate of drug-likeness (QED) is 0.886. The summed E-state index contributed by atoms with van der Waals surface area (Å²) >= 11 is 0. The van der Waals surface area contributed by atoms with E-state index in [0.717, 1.165) is 6.42 Å². The van der Waals surface area contributed by atoms with Gasteiger partial charge in [0.1, 0.15) is 0 Å². The van der Waals surface area contributed by atoms with E-state index in [4.69, 9.17) is 5.26 Å². The molecule has 0 saturated carbocycles. The first-order chi connectivity index (χ1) is 9.50. The third-order valence-corrected chi connectivity index (χ3v) is 5.48. The van der Waals surface area contributed by atoms with Gasteiger partial charge in [0, 0.05) is 19.6 Å². The summed E-state index contributed by atoms with van der Waals surface area (Å²) in [4.78, 5) is 0.273. The Morgan fingerprint density at radius 3 is 2.60 bits per heavy atom. The van der Waals surface area contributed by atoms with Crippen LogP contribution >= 0.6 is 0 Å². The monoisotopic (exact) mass is 293 g/mol. The Balaban J connectivity index is 2.37. The van der Waals surface area contributed by atoms with E-state index in [1.807, 2.05) is 6.92 Å². The third kappa shape index (κ3) is 2.70.